The number of pyridine rings is 1. The van der Waals surface area contributed by atoms with E-state index in [0.717, 1.165) is 0 Å². The number of nitrogens with one attached hydrogen (secondary N) is 1. The summed E-state index contributed by atoms with van der Waals surface area (Å²) in [7, 11) is 0. The van der Waals surface area contributed by atoms with E-state index >= 15 is 0 Å². The lowest BCUT2D eigenvalue weighted by molar-refractivity contribution is -0.135. The number of hydrogen-bond acceptors (Lipinski definition) is 3. The fraction of sp³-hybridized carbons (Fsp3) is 0.455. The minimum Gasteiger partial charge on any atom is -0.383 e. The molecule has 0 spiro atoms. The molecule has 1 rings (SSSR count). The van der Waals surface area contributed by atoms with E-state index in [1.165, 1.54) is 6.20 Å². The van der Waals surface area contributed by atoms with Crippen LogP contribution in [0, 0.1) is 11.3 Å². The number of nitriles is 1. The molecule has 1 N–H and O–H groups in total. The minimum absolute atomic E-state index is 0.0820. The Bertz CT molecular complexity index is 396. The van der Waals surface area contributed by atoms with Crippen molar-refractivity contribution in [3.63, 3.8) is 0 Å². The Morgan fingerprint density at radius 1 is 1.35 bits per heavy atom. The Morgan fingerprint density at radius 2 is 2.12 bits per heavy atom. The molecule has 1 aromatic heterocycles. The fourth-order valence-electron chi connectivity index (χ4n) is 1.31. The molecule has 17 heavy (non-hydrogen) atoms. The quantitative estimate of drug-likeness (QED) is 0.808. The summed E-state index contributed by atoms with van der Waals surface area (Å²) in [5.41, 5.74) is 0.810. The molecule has 0 amide bonds. The molecule has 0 aromatic carbocycles. The van der Waals surface area contributed by atoms with Crippen molar-refractivity contribution in [2.24, 2.45) is 0 Å². The van der Waals surface area contributed by atoms with E-state index in [-0.39, 0.29) is 12.1 Å². The lowest BCUT2D eigenvalue weighted by atomic mass is 10.2. The molecule has 0 saturated carbocycles. The van der Waals surface area contributed by atoms with Crippen molar-refractivity contribution in [3.8, 4) is 6.07 Å². The molecule has 0 atom stereocenters. The summed E-state index contributed by atoms with van der Waals surface area (Å²) in [4.78, 5) is 3.83. The van der Waals surface area contributed by atoms with E-state index in [2.05, 4.69) is 10.3 Å². The molecule has 0 aliphatic heterocycles. The second-order valence-corrected chi connectivity index (χ2v) is 3.51. The van der Waals surface area contributed by atoms with Crippen LogP contribution < -0.4 is 5.32 Å². The molecular weight excluding hydrogens is 231 g/mol. The van der Waals surface area contributed by atoms with Gasteiger partial charge in [-0.25, -0.2) is 4.98 Å². The predicted molar refractivity (Wildman–Crippen MR) is 57.3 cm³/mol. The zero-order valence-electron chi connectivity index (χ0n) is 9.09. The maximum absolute atomic E-state index is 11.9. The number of aromatic nitrogens is 1. The molecular formula is C11H12F3N3. The molecule has 0 aliphatic rings. The summed E-state index contributed by atoms with van der Waals surface area (Å²) >= 11 is 0. The fourth-order valence-corrected chi connectivity index (χ4v) is 1.31. The van der Waals surface area contributed by atoms with E-state index in [9.17, 15) is 13.2 Å². The highest BCUT2D eigenvalue weighted by Gasteiger charge is 2.25. The van der Waals surface area contributed by atoms with E-state index < -0.39 is 12.6 Å². The van der Waals surface area contributed by atoms with Gasteiger partial charge in [0, 0.05) is 19.2 Å². The second kappa shape index (κ2) is 6.09. The van der Waals surface area contributed by atoms with Crippen LogP contribution in [0.2, 0.25) is 0 Å². The third kappa shape index (κ3) is 5.20. The Hall–Kier alpha value is -1.77. The standard InChI is InChI=1S/C11H12F3N3/c12-11(13,14)5-1-2-6-16-9-4-3-7-17-10(9)8-15/h3-4,7,16H,1-2,5-6H2. The Morgan fingerprint density at radius 3 is 2.76 bits per heavy atom. The van der Waals surface area contributed by atoms with E-state index in [1.54, 1.807) is 12.1 Å². The molecule has 1 heterocycles. The molecule has 0 fully saturated rings. The third-order valence-electron chi connectivity index (χ3n) is 2.12. The number of unbranched alkanes of at least 4 members (excludes halogenated alkanes) is 1. The van der Waals surface area contributed by atoms with Crippen molar-refractivity contribution >= 4 is 5.69 Å². The lowest BCUT2D eigenvalue weighted by Crippen LogP contribution is -2.09. The van der Waals surface area contributed by atoms with E-state index in [0.29, 0.717) is 18.7 Å². The highest BCUT2D eigenvalue weighted by molar-refractivity contribution is 5.53. The number of alkyl halides is 3. The van der Waals surface area contributed by atoms with Gasteiger partial charge in [-0.15, -0.1) is 0 Å². The van der Waals surface area contributed by atoms with Crippen LogP contribution in [0.5, 0.6) is 0 Å². The number of hydrogen-bond donors (Lipinski definition) is 1. The van der Waals surface area contributed by atoms with Crippen LogP contribution in [-0.4, -0.2) is 17.7 Å². The second-order valence-electron chi connectivity index (χ2n) is 3.51. The van der Waals surface area contributed by atoms with Gasteiger partial charge in [0.2, 0.25) is 0 Å². The molecule has 0 unspecified atom stereocenters. The molecule has 6 heteroatoms. The number of anilines is 1. The summed E-state index contributed by atoms with van der Waals surface area (Å²) < 4.78 is 35.6. The first-order chi connectivity index (χ1) is 8.03. The first-order valence-electron chi connectivity index (χ1n) is 5.18. The Kier molecular flexibility index (Phi) is 4.76. The first kappa shape index (κ1) is 13.3. The van der Waals surface area contributed by atoms with Gasteiger partial charge in [-0.05, 0) is 25.0 Å². The van der Waals surface area contributed by atoms with Crippen molar-refractivity contribution in [1.29, 1.82) is 5.26 Å². The van der Waals surface area contributed by atoms with Crippen LogP contribution in [-0.2, 0) is 0 Å². The molecule has 1 aromatic rings. The van der Waals surface area contributed by atoms with Gasteiger partial charge in [-0.3, -0.25) is 0 Å². The SMILES string of the molecule is N#Cc1ncccc1NCCCCC(F)(F)F. The zero-order chi connectivity index (χ0) is 12.7. The summed E-state index contributed by atoms with van der Waals surface area (Å²) in [5, 5.41) is 11.6. The zero-order valence-corrected chi connectivity index (χ0v) is 9.09. The molecule has 0 radical (unpaired) electrons. The maximum Gasteiger partial charge on any atom is 0.389 e. The predicted octanol–water partition coefficient (Wildman–Crippen LogP) is 3.10. The van der Waals surface area contributed by atoms with Gasteiger partial charge in [0.05, 0.1) is 5.69 Å². The first-order valence-corrected chi connectivity index (χ1v) is 5.18. The van der Waals surface area contributed by atoms with Gasteiger partial charge in [0.25, 0.3) is 0 Å². The van der Waals surface area contributed by atoms with Crippen molar-refractivity contribution in [1.82, 2.24) is 4.98 Å². The average Bonchev–Trinajstić information content (AvgIpc) is 2.27. The van der Waals surface area contributed by atoms with Crippen LogP contribution in [0.15, 0.2) is 18.3 Å². The largest absolute Gasteiger partial charge is 0.389 e. The number of rotatable bonds is 5. The van der Waals surface area contributed by atoms with Crippen LogP contribution in [0.3, 0.4) is 0 Å². The number of halogens is 3. The van der Waals surface area contributed by atoms with E-state index in [1.807, 2.05) is 6.07 Å². The molecule has 3 nitrogen and oxygen atoms in total. The van der Waals surface area contributed by atoms with Gasteiger partial charge in [-0.2, -0.15) is 18.4 Å². The third-order valence-corrected chi connectivity index (χ3v) is 2.12. The summed E-state index contributed by atoms with van der Waals surface area (Å²) in [5.74, 6) is 0. The minimum atomic E-state index is -4.09. The van der Waals surface area contributed by atoms with Crippen LogP contribution in [0.4, 0.5) is 18.9 Å². The molecule has 0 saturated heterocycles. The topological polar surface area (TPSA) is 48.7 Å². The van der Waals surface area contributed by atoms with Crippen molar-refractivity contribution < 1.29 is 13.2 Å². The van der Waals surface area contributed by atoms with Crippen LogP contribution in [0.1, 0.15) is 25.0 Å². The Labute approximate surface area is 97.3 Å². The number of nitrogens with zero attached hydrogens (tertiary/aromatic N) is 2. The lowest BCUT2D eigenvalue weighted by Gasteiger charge is -2.08. The molecule has 92 valence electrons. The van der Waals surface area contributed by atoms with Gasteiger partial charge >= 0.3 is 6.18 Å². The normalized spacial score (nSPS) is 10.9. The van der Waals surface area contributed by atoms with Crippen LogP contribution in [0.25, 0.3) is 0 Å². The van der Waals surface area contributed by atoms with E-state index in [4.69, 9.17) is 5.26 Å². The maximum atomic E-state index is 11.9. The van der Waals surface area contributed by atoms with Gasteiger partial charge in [0.15, 0.2) is 5.69 Å². The van der Waals surface area contributed by atoms with Gasteiger partial charge < -0.3 is 5.32 Å². The Balaban J connectivity index is 2.30. The highest BCUT2D eigenvalue weighted by atomic mass is 19.4. The average molecular weight is 243 g/mol. The van der Waals surface area contributed by atoms with Gasteiger partial charge in [-0.1, -0.05) is 0 Å². The molecule has 0 bridgehead atoms. The van der Waals surface area contributed by atoms with Crippen molar-refractivity contribution in [3.05, 3.63) is 24.0 Å². The van der Waals surface area contributed by atoms with Crippen molar-refractivity contribution in [2.75, 3.05) is 11.9 Å². The summed E-state index contributed by atoms with van der Waals surface area (Å²) in [6.45, 7) is 0.399. The summed E-state index contributed by atoms with van der Waals surface area (Å²) in [6.07, 6.45) is -2.88. The van der Waals surface area contributed by atoms with Crippen molar-refractivity contribution in [2.45, 2.75) is 25.4 Å². The molecule has 0 aliphatic carbocycles. The van der Waals surface area contributed by atoms with Crippen LogP contribution >= 0.6 is 0 Å². The highest BCUT2D eigenvalue weighted by Crippen LogP contribution is 2.22. The smallest absolute Gasteiger partial charge is 0.383 e. The monoisotopic (exact) mass is 243 g/mol. The van der Waals surface area contributed by atoms with Gasteiger partial charge in [0.1, 0.15) is 6.07 Å². The summed E-state index contributed by atoms with van der Waals surface area (Å²) in [6, 6.07) is 5.25.